The summed E-state index contributed by atoms with van der Waals surface area (Å²) >= 11 is 0. The minimum absolute atomic E-state index is 0.0228. The molecule has 0 radical (unpaired) electrons. The van der Waals surface area contributed by atoms with Gasteiger partial charge < -0.3 is 25.2 Å². The van der Waals surface area contributed by atoms with E-state index in [1.54, 1.807) is 0 Å². The topological polar surface area (TPSA) is 115 Å². The van der Waals surface area contributed by atoms with Crippen molar-refractivity contribution in [3.05, 3.63) is 11.6 Å². The molecule has 0 saturated heterocycles. The zero-order valence-electron chi connectivity index (χ0n) is 22.7. The number of carboxylic acid groups (broad SMARTS) is 1. The summed E-state index contributed by atoms with van der Waals surface area (Å²) in [6.45, 7) is 10.5. The van der Waals surface area contributed by atoms with Gasteiger partial charge in [-0.15, -0.1) is 0 Å². The average molecular weight is 503 g/mol. The number of carboxylic acids is 1. The molecule has 0 aromatic heterocycles. The molecule has 36 heavy (non-hydrogen) atoms. The van der Waals surface area contributed by atoms with Gasteiger partial charge in [0.15, 0.2) is 0 Å². The number of rotatable bonds is 3. The molecule has 5 rings (SSSR count). The van der Waals surface area contributed by atoms with Gasteiger partial charge in [0.1, 0.15) is 6.29 Å². The number of aliphatic hydroxyl groups is 3. The molecule has 0 aromatic carbocycles. The minimum Gasteiger partial charge on any atom is -0.481 e. The smallest absolute Gasteiger partial charge is 0.310 e. The first-order valence-electron chi connectivity index (χ1n) is 14.1. The molecule has 0 heterocycles. The number of aliphatic hydroxyl groups excluding tert-OH is 2. The Bertz CT molecular complexity index is 988. The zero-order chi connectivity index (χ0) is 26.5. The van der Waals surface area contributed by atoms with Gasteiger partial charge in [-0.05, 0) is 98.7 Å². The Morgan fingerprint density at radius 1 is 1.03 bits per heavy atom. The van der Waals surface area contributed by atoms with Gasteiger partial charge in [-0.1, -0.05) is 39.3 Å². The number of fused-ring (bicyclic) bond motifs is 7. The number of aliphatic carboxylic acids is 1. The van der Waals surface area contributed by atoms with Crippen LogP contribution in [-0.2, 0) is 9.59 Å². The predicted molar refractivity (Wildman–Crippen MR) is 136 cm³/mol. The lowest BCUT2D eigenvalue weighted by Gasteiger charge is -2.71. The van der Waals surface area contributed by atoms with Crippen molar-refractivity contribution in [3.63, 3.8) is 0 Å². The van der Waals surface area contributed by atoms with E-state index in [0.29, 0.717) is 19.3 Å². The molecule has 0 aliphatic heterocycles. The fourth-order valence-electron chi connectivity index (χ4n) is 10.8. The summed E-state index contributed by atoms with van der Waals surface area (Å²) in [5.74, 6) is -1.00. The van der Waals surface area contributed by atoms with E-state index in [-0.39, 0.29) is 40.6 Å². The SMILES string of the molecule is CC1CCC2(C(=O)O)CCC3(C)C(=CCC4C5(C)CCC(O)C(C=O)(CO)C5CCC43C)C2C1(C)O. The van der Waals surface area contributed by atoms with Crippen molar-refractivity contribution in [3.8, 4) is 0 Å². The third kappa shape index (κ3) is 2.85. The molecular formula is C30H46O6. The number of aldehydes is 1. The average Bonchev–Trinajstić information content (AvgIpc) is 2.82. The Morgan fingerprint density at radius 2 is 1.72 bits per heavy atom. The van der Waals surface area contributed by atoms with Crippen molar-refractivity contribution in [2.45, 2.75) is 104 Å². The third-order valence-corrected chi connectivity index (χ3v) is 13.5. The first kappa shape index (κ1) is 26.4. The van der Waals surface area contributed by atoms with Gasteiger partial charge in [0.25, 0.3) is 0 Å². The maximum atomic E-state index is 12.8. The summed E-state index contributed by atoms with van der Waals surface area (Å²) in [5, 5.41) is 43.7. The summed E-state index contributed by atoms with van der Waals surface area (Å²) in [4.78, 5) is 25.2. The van der Waals surface area contributed by atoms with E-state index >= 15 is 0 Å². The van der Waals surface area contributed by atoms with Crippen LogP contribution in [0.3, 0.4) is 0 Å². The monoisotopic (exact) mass is 502 g/mol. The Kier molecular flexibility index (Phi) is 5.78. The highest BCUT2D eigenvalue weighted by Crippen LogP contribution is 2.76. The summed E-state index contributed by atoms with van der Waals surface area (Å²) in [5.41, 5.74) is -2.59. The fourth-order valence-corrected chi connectivity index (χ4v) is 10.8. The van der Waals surface area contributed by atoms with Crippen LogP contribution in [0.5, 0.6) is 0 Å². The van der Waals surface area contributed by atoms with Crippen molar-refractivity contribution >= 4 is 12.3 Å². The van der Waals surface area contributed by atoms with Crippen LogP contribution < -0.4 is 0 Å². The zero-order valence-corrected chi connectivity index (χ0v) is 22.7. The van der Waals surface area contributed by atoms with Gasteiger partial charge in [0, 0.05) is 5.92 Å². The van der Waals surface area contributed by atoms with Gasteiger partial charge >= 0.3 is 5.97 Å². The van der Waals surface area contributed by atoms with E-state index in [9.17, 15) is 30.0 Å². The van der Waals surface area contributed by atoms with Gasteiger partial charge in [-0.25, -0.2) is 0 Å². The molecule has 6 heteroatoms. The second-order valence-electron chi connectivity index (χ2n) is 14.3. The predicted octanol–water partition coefficient (Wildman–Crippen LogP) is 4.36. The second kappa shape index (κ2) is 7.89. The molecule has 4 fully saturated rings. The third-order valence-electron chi connectivity index (χ3n) is 13.5. The van der Waals surface area contributed by atoms with Crippen molar-refractivity contribution in [1.82, 2.24) is 0 Å². The van der Waals surface area contributed by atoms with Crippen LogP contribution in [0.4, 0.5) is 0 Å². The molecule has 0 amide bonds. The number of carbonyl (C=O) groups is 2. The molecule has 11 unspecified atom stereocenters. The first-order chi connectivity index (χ1) is 16.7. The van der Waals surface area contributed by atoms with Crippen LogP contribution in [0.15, 0.2) is 11.6 Å². The number of hydrogen-bond donors (Lipinski definition) is 4. The summed E-state index contributed by atoms with van der Waals surface area (Å²) < 4.78 is 0. The summed E-state index contributed by atoms with van der Waals surface area (Å²) in [6, 6.07) is 0. The van der Waals surface area contributed by atoms with E-state index in [1.165, 1.54) is 0 Å². The van der Waals surface area contributed by atoms with Crippen LogP contribution in [0, 0.1) is 50.7 Å². The van der Waals surface area contributed by atoms with E-state index in [1.807, 2.05) is 6.92 Å². The lowest BCUT2D eigenvalue weighted by atomic mass is 9.33. The lowest BCUT2D eigenvalue weighted by Crippen LogP contribution is -2.68. The number of hydrogen-bond acceptors (Lipinski definition) is 5. The molecule has 5 aliphatic rings. The van der Waals surface area contributed by atoms with Crippen LogP contribution in [-0.4, -0.2) is 51.0 Å². The maximum Gasteiger partial charge on any atom is 0.310 e. The van der Waals surface area contributed by atoms with Gasteiger partial charge in [0.05, 0.1) is 29.1 Å². The van der Waals surface area contributed by atoms with Gasteiger partial charge in [-0.3, -0.25) is 4.79 Å². The lowest BCUT2D eigenvalue weighted by molar-refractivity contribution is -0.222. The molecule has 11 atom stereocenters. The molecule has 0 aromatic rings. The highest BCUT2D eigenvalue weighted by atomic mass is 16.4. The number of carbonyl (C=O) groups excluding carboxylic acids is 1. The van der Waals surface area contributed by atoms with E-state index in [0.717, 1.165) is 50.4 Å². The molecule has 202 valence electrons. The van der Waals surface area contributed by atoms with E-state index in [4.69, 9.17) is 0 Å². The van der Waals surface area contributed by atoms with Crippen molar-refractivity contribution < 1.29 is 30.0 Å². The normalized spacial score (nSPS) is 56.3. The molecule has 4 saturated carbocycles. The van der Waals surface area contributed by atoms with Crippen molar-refractivity contribution in [1.29, 1.82) is 0 Å². The van der Waals surface area contributed by atoms with Gasteiger partial charge in [0.2, 0.25) is 0 Å². The van der Waals surface area contributed by atoms with Crippen LogP contribution in [0.2, 0.25) is 0 Å². The highest BCUT2D eigenvalue weighted by Gasteiger charge is 2.72. The summed E-state index contributed by atoms with van der Waals surface area (Å²) in [6.07, 6.45) is 8.67. The summed E-state index contributed by atoms with van der Waals surface area (Å²) in [7, 11) is 0. The Hall–Kier alpha value is -1.24. The number of allylic oxidation sites excluding steroid dienone is 1. The first-order valence-corrected chi connectivity index (χ1v) is 14.1. The maximum absolute atomic E-state index is 12.8. The molecule has 0 bridgehead atoms. The second-order valence-corrected chi connectivity index (χ2v) is 14.3. The Labute approximate surface area is 215 Å². The minimum atomic E-state index is -1.12. The fraction of sp³-hybridized carbons (Fsp3) is 0.867. The Balaban J connectivity index is 1.64. The van der Waals surface area contributed by atoms with Crippen molar-refractivity contribution in [2.24, 2.45) is 50.7 Å². The quantitative estimate of drug-likeness (QED) is 0.337. The van der Waals surface area contributed by atoms with Crippen LogP contribution in [0.25, 0.3) is 0 Å². The molecule has 0 spiro atoms. The van der Waals surface area contributed by atoms with E-state index in [2.05, 4.69) is 33.8 Å². The largest absolute Gasteiger partial charge is 0.481 e. The van der Waals surface area contributed by atoms with E-state index < -0.39 is 34.4 Å². The van der Waals surface area contributed by atoms with Crippen LogP contribution in [0.1, 0.15) is 92.4 Å². The van der Waals surface area contributed by atoms with Crippen molar-refractivity contribution in [2.75, 3.05) is 6.61 Å². The molecule has 6 nitrogen and oxygen atoms in total. The molecule has 5 aliphatic carbocycles. The van der Waals surface area contributed by atoms with Gasteiger partial charge in [-0.2, -0.15) is 0 Å². The molecular weight excluding hydrogens is 456 g/mol. The standard InChI is InChI=1S/C30H46O6/c1-18-8-13-29(24(34)35)15-14-26(3)19(23(29)28(18,5)36)6-7-20-25(2)11-10-22(33)30(16-31,17-32)21(25)9-12-27(20,26)4/h6,16,18,20-23,32-33,36H,7-15,17H2,1-5H3,(H,34,35). The molecule has 4 N–H and O–H groups in total. The highest BCUT2D eigenvalue weighted by molar-refractivity contribution is 5.77. The Morgan fingerprint density at radius 3 is 2.33 bits per heavy atom. The van der Waals surface area contributed by atoms with Crippen LogP contribution >= 0.6 is 0 Å².